The normalized spacial score (nSPS) is 10.6. The van der Waals surface area contributed by atoms with E-state index in [0.717, 1.165) is 22.0 Å². The Labute approximate surface area is 158 Å². The van der Waals surface area contributed by atoms with Crippen LogP contribution in [0.3, 0.4) is 0 Å². The number of hydrogen-bond acceptors (Lipinski definition) is 6. The van der Waals surface area contributed by atoms with Crippen LogP contribution >= 0.6 is 0 Å². The Morgan fingerprint density at radius 2 is 1.22 bits per heavy atom. The van der Waals surface area contributed by atoms with E-state index in [9.17, 15) is 0 Å². The average molecular weight is 369 g/mol. The Kier molecular flexibility index (Phi) is 5.54. The molecule has 3 aromatic rings. The van der Waals surface area contributed by atoms with Gasteiger partial charge in [-0.3, -0.25) is 4.98 Å². The van der Waals surface area contributed by atoms with Gasteiger partial charge in [-0.15, -0.1) is 0 Å². The molecule has 0 N–H and O–H groups in total. The molecule has 0 amide bonds. The zero-order chi connectivity index (χ0) is 19.4. The van der Waals surface area contributed by atoms with Crippen LogP contribution in [0.4, 0.5) is 0 Å². The van der Waals surface area contributed by atoms with Crippen LogP contribution in [-0.4, -0.2) is 40.5 Å². The maximum absolute atomic E-state index is 5.54. The molecular formula is C21H23NO5. The highest BCUT2D eigenvalue weighted by Gasteiger charge is 2.15. The Morgan fingerprint density at radius 1 is 0.667 bits per heavy atom. The van der Waals surface area contributed by atoms with Crippen LogP contribution in [0.5, 0.6) is 28.7 Å². The van der Waals surface area contributed by atoms with Crippen LogP contribution in [0.1, 0.15) is 11.3 Å². The van der Waals surface area contributed by atoms with Crippen molar-refractivity contribution in [2.75, 3.05) is 35.5 Å². The predicted octanol–water partition coefficient (Wildman–Crippen LogP) is 3.87. The van der Waals surface area contributed by atoms with Gasteiger partial charge in [0, 0.05) is 29.6 Å². The summed E-state index contributed by atoms with van der Waals surface area (Å²) in [5, 5.41) is 2.02. The average Bonchev–Trinajstić information content (AvgIpc) is 2.72. The van der Waals surface area contributed by atoms with Crippen molar-refractivity contribution in [2.45, 2.75) is 6.42 Å². The molecule has 1 heterocycles. The molecule has 0 atom stereocenters. The van der Waals surface area contributed by atoms with Gasteiger partial charge < -0.3 is 23.7 Å². The summed E-state index contributed by atoms with van der Waals surface area (Å²) in [5.41, 5.74) is 1.85. The molecule has 1 aromatic heterocycles. The Balaban J connectivity index is 2.11. The molecule has 0 saturated heterocycles. The predicted molar refractivity (Wildman–Crippen MR) is 104 cm³/mol. The van der Waals surface area contributed by atoms with Gasteiger partial charge in [0.25, 0.3) is 0 Å². The van der Waals surface area contributed by atoms with Crippen LogP contribution < -0.4 is 23.7 Å². The van der Waals surface area contributed by atoms with Crippen molar-refractivity contribution in [1.82, 2.24) is 4.98 Å². The lowest BCUT2D eigenvalue weighted by Gasteiger charge is -2.15. The molecule has 3 rings (SSSR count). The van der Waals surface area contributed by atoms with Gasteiger partial charge in [0.2, 0.25) is 0 Å². The topological polar surface area (TPSA) is 59.0 Å². The molecular weight excluding hydrogens is 346 g/mol. The third-order valence-electron chi connectivity index (χ3n) is 4.50. The number of ether oxygens (including phenoxy) is 5. The van der Waals surface area contributed by atoms with Crippen LogP contribution in [0.2, 0.25) is 0 Å². The van der Waals surface area contributed by atoms with Crippen molar-refractivity contribution >= 4 is 10.8 Å². The number of benzene rings is 2. The van der Waals surface area contributed by atoms with Crippen molar-refractivity contribution in [3.8, 4) is 28.7 Å². The Bertz CT molecular complexity index is 955. The smallest absolute Gasteiger partial charge is 0.164 e. The molecule has 0 bridgehead atoms. The zero-order valence-electron chi connectivity index (χ0n) is 16.2. The minimum atomic E-state index is 0.566. The highest BCUT2D eigenvalue weighted by molar-refractivity contribution is 5.88. The lowest BCUT2D eigenvalue weighted by atomic mass is 10.0. The number of hydrogen-bond donors (Lipinski definition) is 0. The third-order valence-corrected chi connectivity index (χ3v) is 4.50. The van der Waals surface area contributed by atoms with Gasteiger partial charge in [-0.1, -0.05) is 0 Å². The van der Waals surface area contributed by atoms with E-state index >= 15 is 0 Å². The molecule has 0 saturated carbocycles. The summed E-state index contributed by atoms with van der Waals surface area (Å²) >= 11 is 0. The molecule has 142 valence electrons. The van der Waals surface area contributed by atoms with E-state index in [4.69, 9.17) is 23.7 Å². The maximum atomic E-state index is 5.54. The molecule has 0 aliphatic rings. The Hall–Kier alpha value is -3.15. The molecule has 0 fully saturated rings. The van der Waals surface area contributed by atoms with Gasteiger partial charge in [-0.05, 0) is 29.7 Å². The quantitative estimate of drug-likeness (QED) is 0.630. The number of rotatable bonds is 7. The minimum absolute atomic E-state index is 0.566. The second-order valence-corrected chi connectivity index (χ2v) is 5.88. The molecule has 0 unspecified atom stereocenters. The van der Waals surface area contributed by atoms with Crippen molar-refractivity contribution in [3.05, 3.63) is 47.8 Å². The highest BCUT2D eigenvalue weighted by atomic mass is 16.5. The first-order valence-corrected chi connectivity index (χ1v) is 8.43. The molecule has 6 heteroatoms. The summed E-state index contributed by atoms with van der Waals surface area (Å²) in [6, 6.07) is 9.59. The lowest BCUT2D eigenvalue weighted by Crippen LogP contribution is -2.00. The molecule has 0 radical (unpaired) electrons. The van der Waals surface area contributed by atoms with Gasteiger partial charge in [-0.2, -0.15) is 0 Å². The van der Waals surface area contributed by atoms with Crippen molar-refractivity contribution in [2.24, 2.45) is 0 Å². The highest BCUT2D eigenvalue weighted by Crippen LogP contribution is 2.37. The van der Waals surface area contributed by atoms with Crippen LogP contribution in [0.15, 0.2) is 36.5 Å². The molecule has 2 aromatic carbocycles. The SMILES string of the molecule is COc1cc(OC)c(OC)cc1Cc1nccc2cc(OC)c(OC)cc12. The van der Waals surface area contributed by atoms with Crippen molar-refractivity contribution in [3.63, 3.8) is 0 Å². The second-order valence-electron chi connectivity index (χ2n) is 5.88. The zero-order valence-corrected chi connectivity index (χ0v) is 16.2. The van der Waals surface area contributed by atoms with Crippen LogP contribution in [-0.2, 0) is 6.42 Å². The number of aromatic nitrogens is 1. The number of pyridine rings is 1. The monoisotopic (exact) mass is 369 g/mol. The summed E-state index contributed by atoms with van der Waals surface area (Å²) in [6.45, 7) is 0. The fourth-order valence-electron chi connectivity index (χ4n) is 3.11. The summed E-state index contributed by atoms with van der Waals surface area (Å²) < 4.78 is 27.2. The molecule has 0 aliphatic carbocycles. The minimum Gasteiger partial charge on any atom is -0.496 e. The van der Waals surface area contributed by atoms with Gasteiger partial charge in [0.15, 0.2) is 23.0 Å². The first-order valence-electron chi connectivity index (χ1n) is 8.43. The van der Waals surface area contributed by atoms with E-state index in [1.54, 1.807) is 41.7 Å². The van der Waals surface area contributed by atoms with Crippen molar-refractivity contribution in [1.29, 1.82) is 0 Å². The molecule has 6 nitrogen and oxygen atoms in total. The van der Waals surface area contributed by atoms with E-state index in [1.165, 1.54) is 0 Å². The molecule has 0 aliphatic heterocycles. The number of methoxy groups -OCH3 is 5. The number of nitrogens with zero attached hydrogens (tertiary/aromatic N) is 1. The molecule has 0 spiro atoms. The second kappa shape index (κ2) is 8.03. The third kappa shape index (κ3) is 3.56. The standard InChI is InChI=1S/C21H23NO5/c1-23-17-12-21(27-5)19(25-3)10-14(17)8-16-15-11-20(26-4)18(24-2)9-13(15)6-7-22-16/h6-7,9-12H,8H2,1-5H3. The van der Waals surface area contributed by atoms with Crippen LogP contribution in [0.25, 0.3) is 10.8 Å². The van der Waals surface area contributed by atoms with Gasteiger partial charge in [0.1, 0.15) is 5.75 Å². The van der Waals surface area contributed by atoms with E-state index in [-0.39, 0.29) is 0 Å². The fourth-order valence-corrected chi connectivity index (χ4v) is 3.11. The van der Waals surface area contributed by atoms with E-state index in [0.29, 0.717) is 35.2 Å². The summed E-state index contributed by atoms with van der Waals surface area (Å²) in [4.78, 5) is 4.58. The molecule has 27 heavy (non-hydrogen) atoms. The Morgan fingerprint density at radius 3 is 1.85 bits per heavy atom. The van der Waals surface area contributed by atoms with E-state index in [2.05, 4.69) is 4.98 Å². The summed E-state index contributed by atoms with van der Waals surface area (Å²) in [5.74, 6) is 3.33. The van der Waals surface area contributed by atoms with Crippen molar-refractivity contribution < 1.29 is 23.7 Å². The van der Waals surface area contributed by atoms with Gasteiger partial charge in [0.05, 0.1) is 41.2 Å². The summed E-state index contributed by atoms with van der Waals surface area (Å²) in [6.07, 6.45) is 2.35. The van der Waals surface area contributed by atoms with Crippen LogP contribution in [0, 0.1) is 0 Å². The first-order chi connectivity index (χ1) is 13.1. The largest absolute Gasteiger partial charge is 0.496 e. The van der Waals surface area contributed by atoms with Gasteiger partial charge >= 0.3 is 0 Å². The number of fused-ring (bicyclic) bond motifs is 1. The summed E-state index contributed by atoms with van der Waals surface area (Å²) in [7, 11) is 8.09. The van der Waals surface area contributed by atoms with E-state index in [1.807, 2.05) is 30.3 Å². The lowest BCUT2D eigenvalue weighted by molar-refractivity contribution is 0.347. The first kappa shape index (κ1) is 18.6. The van der Waals surface area contributed by atoms with Gasteiger partial charge in [-0.25, -0.2) is 0 Å². The maximum Gasteiger partial charge on any atom is 0.164 e. The van der Waals surface area contributed by atoms with E-state index < -0.39 is 0 Å². The fraction of sp³-hybridized carbons (Fsp3) is 0.286.